The standard InChI is InChI=1S/C26H33ClF3N3O6/c1-6-22-20(24(13(2)14(3)33-22)38-23-9-18(35)8-19(12-34)37-23)11-32-39-16(5)15(4)36-25-21(27)7-17(10-31-25)26(28,29)30/h7,10-11,15-16,18-19,23,34-35H,6,8-9,12H2,1-5H3/b32-11+/t15?,16?,18-,19-,23-/m0/s1. The van der Waals surface area contributed by atoms with Crippen LogP contribution < -0.4 is 9.47 Å². The number of nitrogens with zero attached hydrogens (tertiary/aromatic N) is 3. The highest BCUT2D eigenvalue weighted by Crippen LogP contribution is 2.34. The van der Waals surface area contributed by atoms with Gasteiger partial charge in [-0.3, -0.25) is 4.98 Å². The molecule has 5 atom stereocenters. The number of halogens is 4. The first-order valence-corrected chi connectivity index (χ1v) is 12.9. The minimum Gasteiger partial charge on any atom is -0.470 e. The molecule has 0 aliphatic carbocycles. The molecule has 0 spiro atoms. The first-order chi connectivity index (χ1) is 18.3. The molecular weight excluding hydrogens is 543 g/mol. The summed E-state index contributed by atoms with van der Waals surface area (Å²) in [6.07, 6.45) is -4.65. The van der Waals surface area contributed by atoms with Crippen molar-refractivity contribution in [1.29, 1.82) is 0 Å². The average Bonchev–Trinajstić information content (AvgIpc) is 2.87. The molecule has 13 heteroatoms. The van der Waals surface area contributed by atoms with Crippen LogP contribution in [0.25, 0.3) is 0 Å². The Bertz CT molecular complexity index is 1170. The molecule has 1 fully saturated rings. The lowest BCUT2D eigenvalue weighted by atomic mass is 10.0. The normalized spacial score (nSPS) is 21.6. The Balaban J connectivity index is 1.75. The molecule has 2 N–H and O–H groups in total. The van der Waals surface area contributed by atoms with Crippen LogP contribution in [-0.4, -0.2) is 63.7 Å². The van der Waals surface area contributed by atoms with Crippen molar-refractivity contribution < 1.29 is 42.4 Å². The predicted molar refractivity (Wildman–Crippen MR) is 137 cm³/mol. The number of ether oxygens (including phenoxy) is 3. The number of oxime groups is 1. The summed E-state index contributed by atoms with van der Waals surface area (Å²) in [4.78, 5) is 13.9. The van der Waals surface area contributed by atoms with Crippen LogP contribution in [0.2, 0.25) is 5.02 Å². The van der Waals surface area contributed by atoms with Gasteiger partial charge in [-0.15, -0.1) is 0 Å². The quantitative estimate of drug-likeness (QED) is 0.307. The van der Waals surface area contributed by atoms with Crippen molar-refractivity contribution >= 4 is 17.8 Å². The van der Waals surface area contributed by atoms with Gasteiger partial charge in [-0.25, -0.2) is 4.98 Å². The maximum Gasteiger partial charge on any atom is 0.417 e. The second-order valence-electron chi connectivity index (χ2n) is 9.36. The summed E-state index contributed by atoms with van der Waals surface area (Å²) in [6.45, 7) is 8.71. The van der Waals surface area contributed by atoms with E-state index < -0.39 is 42.4 Å². The first-order valence-electron chi connectivity index (χ1n) is 12.5. The number of aromatic nitrogens is 2. The van der Waals surface area contributed by atoms with E-state index in [9.17, 15) is 23.4 Å². The number of hydrogen-bond acceptors (Lipinski definition) is 9. The molecule has 2 unspecified atom stereocenters. The number of aryl methyl sites for hydroxylation is 2. The Morgan fingerprint density at radius 3 is 2.59 bits per heavy atom. The number of pyridine rings is 2. The van der Waals surface area contributed by atoms with E-state index >= 15 is 0 Å². The van der Waals surface area contributed by atoms with Gasteiger partial charge in [0.15, 0.2) is 6.10 Å². The van der Waals surface area contributed by atoms with Crippen molar-refractivity contribution in [2.75, 3.05) is 6.61 Å². The first kappa shape index (κ1) is 30.9. The monoisotopic (exact) mass is 575 g/mol. The van der Waals surface area contributed by atoms with Crippen LogP contribution in [0.4, 0.5) is 13.2 Å². The smallest absolute Gasteiger partial charge is 0.417 e. The van der Waals surface area contributed by atoms with E-state index in [-0.39, 0.29) is 23.9 Å². The molecule has 3 heterocycles. The van der Waals surface area contributed by atoms with Gasteiger partial charge in [-0.1, -0.05) is 23.7 Å². The highest BCUT2D eigenvalue weighted by atomic mass is 35.5. The molecule has 0 radical (unpaired) electrons. The highest BCUT2D eigenvalue weighted by molar-refractivity contribution is 6.31. The van der Waals surface area contributed by atoms with Gasteiger partial charge < -0.3 is 29.3 Å². The predicted octanol–water partition coefficient (Wildman–Crippen LogP) is 4.77. The van der Waals surface area contributed by atoms with Gasteiger partial charge in [0, 0.05) is 30.3 Å². The fourth-order valence-corrected chi connectivity index (χ4v) is 4.09. The minimum atomic E-state index is -4.57. The third-order valence-corrected chi connectivity index (χ3v) is 6.65. The minimum absolute atomic E-state index is 0.158. The molecule has 9 nitrogen and oxygen atoms in total. The Labute approximate surface area is 229 Å². The van der Waals surface area contributed by atoms with E-state index in [4.69, 9.17) is 30.6 Å². The molecule has 0 bridgehead atoms. The summed E-state index contributed by atoms with van der Waals surface area (Å²) < 4.78 is 56.1. The van der Waals surface area contributed by atoms with Crippen LogP contribution in [0.15, 0.2) is 17.4 Å². The number of hydrogen-bond donors (Lipinski definition) is 2. The third-order valence-electron chi connectivity index (χ3n) is 6.38. The highest BCUT2D eigenvalue weighted by Gasteiger charge is 2.33. The third kappa shape index (κ3) is 7.93. The van der Waals surface area contributed by atoms with E-state index in [1.54, 1.807) is 13.8 Å². The SMILES string of the molecule is CCc1nc(C)c(C)c(O[C@H]2C[C@@H](O)C[C@@H](CO)O2)c1/C=N/OC(C)C(C)Oc1ncc(C(F)(F)F)cc1Cl. The summed E-state index contributed by atoms with van der Waals surface area (Å²) >= 11 is 5.94. The topological polar surface area (TPSA) is 116 Å². The maximum absolute atomic E-state index is 12.9. The van der Waals surface area contributed by atoms with Crippen molar-refractivity contribution in [2.45, 2.75) is 90.8 Å². The molecule has 2 aromatic rings. The fourth-order valence-electron chi connectivity index (χ4n) is 3.87. The largest absolute Gasteiger partial charge is 0.470 e. The summed E-state index contributed by atoms with van der Waals surface area (Å²) in [5.41, 5.74) is 1.80. The lowest BCUT2D eigenvalue weighted by Gasteiger charge is -2.33. The molecule has 0 amide bonds. The Kier molecular flexibility index (Phi) is 10.4. The summed E-state index contributed by atoms with van der Waals surface area (Å²) in [7, 11) is 0. The van der Waals surface area contributed by atoms with Crippen molar-refractivity contribution in [3.63, 3.8) is 0 Å². The zero-order valence-corrected chi connectivity index (χ0v) is 23.1. The van der Waals surface area contributed by atoms with Crippen LogP contribution in [0.3, 0.4) is 0 Å². The number of aliphatic hydroxyl groups is 2. The van der Waals surface area contributed by atoms with Gasteiger partial charge in [0.05, 0.1) is 41.9 Å². The number of aliphatic hydroxyl groups excluding tert-OH is 2. The second-order valence-corrected chi connectivity index (χ2v) is 9.76. The van der Waals surface area contributed by atoms with Crippen molar-refractivity contribution in [2.24, 2.45) is 5.16 Å². The van der Waals surface area contributed by atoms with E-state index in [2.05, 4.69) is 15.1 Å². The number of alkyl halides is 3. The van der Waals surface area contributed by atoms with Crippen molar-refractivity contribution in [1.82, 2.24) is 9.97 Å². The lowest BCUT2D eigenvalue weighted by Crippen LogP contribution is -2.40. The van der Waals surface area contributed by atoms with Gasteiger partial charge in [-0.2, -0.15) is 13.2 Å². The van der Waals surface area contributed by atoms with Crippen LogP contribution >= 0.6 is 11.6 Å². The molecule has 3 rings (SSSR count). The average molecular weight is 576 g/mol. The van der Waals surface area contributed by atoms with Gasteiger partial charge >= 0.3 is 6.18 Å². The van der Waals surface area contributed by atoms with Gasteiger partial charge in [0.2, 0.25) is 12.2 Å². The molecule has 0 saturated carbocycles. The van der Waals surface area contributed by atoms with Crippen LogP contribution in [-0.2, 0) is 22.2 Å². The van der Waals surface area contributed by atoms with Gasteiger partial charge in [0.1, 0.15) is 16.9 Å². The van der Waals surface area contributed by atoms with Crippen molar-refractivity contribution in [3.05, 3.63) is 45.4 Å². The molecule has 1 saturated heterocycles. The van der Waals surface area contributed by atoms with Crippen LogP contribution in [0, 0.1) is 13.8 Å². The van der Waals surface area contributed by atoms with E-state index in [0.717, 1.165) is 17.3 Å². The molecule has 0 aromatic carbocycles. The Morgan fingerprint density at radius 1 is 1.26 bits per heavy atom. The zero-order valence-electron chi connectivity index (χ0n) is 22.3. The summed E-state index contributed by atoms with van der Waals surface area (Å²) in [5, 5.41) is 23.5. The van der Waals surface area contributed by atoms with Crippen LogP contribution in [0.5, 0.6) is 11.6 Å². The summed E-state index contributed by atoms with van der Waals surface area (Å²) in [6, 6.07) is 0.749. The Hall–Kier alpha value is -2.67. The number of rotatable bonds is 10. The second kappa shape index (κ2) is 13.1. The van der Waals surface area contributed by atoms with Crippen molar-refractivity contribution in [3.8, 4) is 11.6 Å². The van der Waals surface area contributed by atoms with Gasteiger partial charge in [0.25, 0.3) is 0 Å². The molecule has 2 aromatic heterocycles. The maximum atomic E-state index is 12.9. The molecule has 1 aliphatic rings. The molecule has 216 valence electrons. The summed E-state index contributed by atoms with van der Waals surface area (Å²) in [5.74, 6) is 0.315. The molecule has 1 aliphatic heterocycles. The fraction of sp³-hybridized carbons (Fsp3) is 0.577. The molecular formula is C26H33ClF3N3O6. The zero-order chi connectivity index (χ0) is 28.9. The lowest BCUT2D eigenvalue weighted by molar-refractivity contribution is -0.184. The van der Waals surface area contributed by atoms with Crippen LogP contribution in [0.1, 0.15) is 61.7 Å². The van der Waals surface area contributed by atoms with E-state index in [1.165, 1.54) is 6.21 Å². The van der Waals surface area contributed by atoms with E-state index in [1.807, 2.05) is 20.8 Å². The van der Waals surface area contributed by atoms with Gasteiger partial charge in [-0.05, 0) is 40.2 Å². The van der Waals surface area contributed by atoms with E-state index in [0.29, 0.717) is 36.0 Å². The molecule has 39 heavy (non-hydrogen) atoms. The Morgan fingerprint density at radius 2 is 1.97 bits per heavy atom.